The number of carbonyl (C=O) groups is 1. The molecule has 0 bridgehead atoms. The van der Waals surface area contributed by atoms with Gasteiger partial charge in [0.15, 0.2) is 0 Å². The van der Waals surface area contributed by atoms with E-state index in [0.29, 0.717) is 18.8 Å². The van der Waals surface area contributed by atoms with Crippen molar-refractivity contribution in [2.45, 2.75) is 32.4 Å². The summed E-state index contributed by atoms with van der Waals surface area (Å²) < 4.78 is 6.75. The number of aromatic nitrogens is 3. The minimum absolute atomic E-state index is 0.0109. The summed E-state index contributed by atoms with van der Waals surface area (Å²) >= 11 is 0. The van der Waals surface area contributed by atoms with Gasteiger partial charge in [-0.1, -0.05) is 11.3 Å². The maximum atomic E-state index is 12.5. The molecule has 1 unspecified atom stereocenters. The predicted molar refractivity (Wildman–Crippen MR) is 87.6 cm³/mol. The summed E-state index contributed by atoms with van der Waals surface area (Å²) in [5.41, 5.74) is 2.98. The SMILES string of the molecule is COc1ccc2c(c1)CCN(C(=O)Cn1cc(C(C)O)nn1)CC2. The van der Waals surface area contributed by atoms with Crippen molar-refractivity contribution in [1.82, 2.24) is 19.9 Å². The number of benzene rings is 1. The summed E-state index contributed by atoms with van der Waals surface area (Å²) in [4.78, 5) is 14.4. The third kappa shape index (κ3) is 3.56. The lowest BCUT2D eigenvalue weighted by molar-refractivity contribution is -0.131. The van der Waals surface area contributed by atoms with Crippen molar-refractivity contribution in [2.75, 3.05) is 20.2 Å². The lowest BCUT2D eigenvalue weighted by Gasteiger charge is -2.20. The van der Waals surface area contributed by atoms with Gasteiger partial charge in [0.25, 0.3) is 0 Å². The van der Waals surface area contributed by atoms with Crippen LogP contribution in [0.25, 0.3) is 0 Å². The first-order valence-electron chi connectivity index (χ1n) is 8.08. The topological polar surface area (TPSA) is 80.5 Å². The molecule has 1 atom stereocenters. The zero-order chi connectivity index (χ0) is 17.1. The first kappa shape index (κ1) is 16.4. The highest BCUT2D eigenvalue weighted by molar-refractivity contribution is 5.76. The van der Waals surface area contributed by atoms with Gasteiger partial charge in [0.05, 0.1) is 19.4 Å². The van der Waals surface area contributed by atoms with Gasteiger partial charge in [-0.15, -0.1) is 5.10 Å². The Morgan fingerprint density at radius 1 is 1.33 bits per heavy atom. The smallest absolute Gasteiger partial charge is 0.244 e. The number of fused-ring (bicyclic) bond motifs is 1. The summed E-state index contributed by atoms with van der Waals surface area (Å²) in [6.45, 7) is 3.13. The van der Waals surface area contributed by atoms with Gasteiger partial charge >= 0.3 is 0 Å². The standard InChI is InChI=1S/C17H22N4O3/c1-12(22)16-10-21(19-18-16)11-17(23)20-7-5-13-3-4-15(24-2)9-14(13)6-8-20/h3-4,9-10,12,22H,5-8,11H2,1-2H3. The van der Waals surface area contributed by atoms with Crippen LogP contribution in [0, 0.1) is 0 Å². The molecule has 1 aromatic carbocycles. The molecule has 1 aliphatic heterocycles. The van der Waals surface area contributed by atoms with Gasteiger partial charge in [0.1, 0.15) is 18.0 Å². The molecule has 0 aliphatic carbocycles. The number of rotatable bonds is 4. The van der Waals surface area contributed by atoms with Crippen molar-refractivity contribution in [3.63, 3.8) is 0 Å². The van der Waals surface area contributed by atoms with E-state index in [2.05, 4.69) is 22.4 Å². The fourth-order valence-corrected chi connectivity index (χ4v) is 2.90. The average molecular weight is 330 g/mol. The van der Waals surface area contributed by atoms with Crippen molar-refractivity contribution in [3.05, 3.63) is 41.2 Å². The molecular weight excluding hydrogens is 308 g/mol. The van der Waals surface area contributed by atoms with Crippen LogP contribution in [0.4, 0.5) is 0 Å². The van der Waals surface area contributed by atoms with E-state index < -0.39 is 6.10 Å². The zero-order valence-electron chi connectivity index (χ0n) is 14.0. The van der Waals surface area contributed by atoms with Gasteiger partial charge in [-0.05, 0) is 43.0 Å². The molecule has 0 fully saturated rings. The number of aliphatic hydroxyl groups is 1. The van der Waals surface area contributed by atoms with Gasteiger partial charge in [0.2, 0.25) is 5.91 Å². The first-order valence-corrected chi connectivity index (χ1v) is 8.08. The molecule has 1 amide bonds. The zero-order valence-corrected chi connectivity index (χ0v) is 14.0. The Kier molecular flexibility index (Phi) is 4.80. The third-order valence-corrected chi connectivity index (χ3v) is 4.35. The van der Waals surface area contributed by atoms with Crippen molar-refractivity contribution in [2.24, 2.45) is 0 Å². The molecule has 7 heteroatoms. The number of methoxy groups -OCH3 is 1. The highest BCUT2D eigenvalue weighted by atomic mass is 16.5. The van der Waals surface area contributed by atoms with Gasteiger partial charge in [0, 0.05) is 13.1 Å². The van der Waals surface area contributed by atoms with E-state index >= 15 is 0 Å². The lowest BCUT2D eigenvalue weighted by Crippen LogP contribution is -2.36. The molecule has 1 aromatic heterocycles. The average Bonchev–Trinajstić information content (AvgIpc) is 2.93. The van der Waals surface area contributed by atoms with E-state index in [1.165, 1.54) is 15.8 Å². The highest BCUT2D eigenvalue weighted by Gasteiger charge is 2.20. The summed E-state index contributed by atoms with van der Waals surface area (Å²) in [5.74, 6) is 0.860. The normalized spacial score (nSPS) is 15.5. The van der Waals surface area contributed by atoms with Crippen molar-refractivity contribution >= 4 is 5.91 Å². The number of carbonyl (C=O) groups excluding carboxylic acids is 1. The summed E-state index contributed by atoms with van der Waals surface area (Å²) in [7, 11) is 1.66. The predicted octanol–water partition coefficient (Wildman–Crippen LogP) is 0.967. The highest BCUT2D eigenvalue weighted by Crippen LogP contribution is 2.21. The Balaban J connectivity index is 1.64. The number of aliphatic hydroxyl groups excluding tert-OH is 1. The van der Waals surface area contributed by atoms with Gasteiger partial charge in [-0.2, -0.15) is 0 Å². The Labute approximate surface area is 140 Å². The summed E-state index contributed by atoms with van der Waals surface area (Å²) in [6.07, 6.45) is 2.58. The molecule has 3 rings (SSSR count). The molecule has 0 radical (unpaired) electrons. The van der Waals surface area contributed by atoms with Gasteiger partial charge in [-0.25, -0.2) is 4.68 Å². The number of hydrogen-bond acceptors (Lipinski definition) is 5. The number of hydrogen-bond donors (Lipinski definition) is 1. The quantitative estimate of drug-likeness (QED) is 0.903. The number of amides is 1. The Morgan fingerprint density at radius 3 is 2.75 bits per heavy atom. The van der Waals surface area contributed by atoms with Crippen LogP contribution in [-0.2, 0) is 24.2 Å². The number of ether oxygens (including phenoxy) is 1. The molecule has 1 N–H and O–H groups in total. The van der Waals surface area contributed by atoms with Crippen LogP contribution in [-0.4, -0.2) is 51.1 Å². The van der Waals surface area contributed by atoms with E-state index in [4.69, 9.17) is 4.74 Å². The van der Waals surface area contributed by atoms with E-state index in [9.17, 15) is 9.90 Å². The second-order valence-electron chi connectivity index (χ2n) is 6.03. The monoisotopic (exact) mass is 330 g/mol. The van der Waals surface area contributed by atoms with Gasteiger partial charge in [-0.3, -0.25) is 4.79 Å². The van der Waals surface area contributed by atoms with E-state index in [1.54, 1.807) is 20.2 Å². The van der Waals surface area contributed by atoms with Crippen LogP contribution in [0.5, 0.6) is 5.75 Å². The molecule has 2 aromatic rings. The molecule has 2 heterocycles. The summed E-state index contributed by atoms with van der Waals surface area (Å²) in [6, 6.07) is 6.09. The van der Waals surface area contributed by atoms with Crippen LogP contribution in [0.2, 0.25) is 0 Å². The molecule has 0 saturated heterocycles. The van der Waals surface area contributed by atoms with Crippen molar-refractivity contribution in [1.29, 1.82) is 0 Å². The Hall–Kier alpha value is -2.41. The second-order valence-corrected chi connectivity index (χ2v) is 6.03. The minimum Gasteiger partial charge on any atom is -0.497 e. The van der Waals surface area contributed by atoms with E-state index in [1.807, 2.05) is 11.0 Å². The molecule has 24 heavy (non-hydrogen) atoms. The lowest BCUT2D eigenvalue weighted by atomic mass is 10.0. The Morgan fingerprint density at radius 2 is 2.08 bits per heavy atom. The molecule has 0 spiro atoms. The van der Waals surface area contributed by atoms with Crippen LogP contribution in [0.3, 0.4) is 0 Å². The fourth-order valence-electron chi connectivity index (χ4n) is 2.90. The Bertz CT molecular complexity index is 726. The number of nitrogens with zero attached hydrogens (tertiary/aromatic N) is 4. The molecule has 0 saturated carbocycles. The van der Waals surface area contributed by atoms with E-state index in [-0.39, 0.29) is 12.5 Å². The van der Waals surface area contributed by atoms with Crippen molar-refractivity contribution < 1.29 is 14.6 Å². The van der Waals surface area contributed by atoms with Crippen molar-refractivity contribution in [3.8, 4) is 5.75 Å². The first-order chi connectivity index (χ1) is 11.6. The van der Waals surface area contributed by atoms with Crippen LogP contribution in [0.1, 0.15) is 29.8 Å². The molecule has 128 valence electrons. The molecule has 7 nitrogen and oxygen atoms in total. The molecular formula is C17H22N4O3. The maximum Gasteiger partial charge on any atom is 0.244 e. The summed E-state index contributed by atoms with van der Waals surface area (Å²) in [5, 5.41) is 17.2. The van der Waals surface area contributed by atoms with Crippen LogP contribution < -0.4 is 4.74 Å². The van der Waals surface area contributed by atoms with Crippen LogP contribution in [0.15, 0.2) is 24.4 Å². The van der Waals surface area contributed by atoms with E-state index in [0.717, 1.165) is 18.6 Å². The fraction of sp³-hybridized carbons (Fsp3) is 0.471. The van der Waals surface area contributed by atoms with Gasteiger partial charge < -0.3 is 14.7 Å². The largest absolute Gasteiger partial charge is 0.497 e. The maximum absolute atomic E-state index is 12.5. The van der Waals surface area contributed by atoms with Crippen LogP contribution >= 0.6 is 0 Å². The molecule has 1 aliphatic rings. The minimum atomic E-state index is -0.684. The second kappa shape index (κ2) is 7.00. The third-order valence-electron chi connectivity index (χ3n) is 4.35.